The number of anilines is 1. The molecule has 3 aromatic carbocycles. The lowest BCUT2D eigenvalue weighted by molar-refractivity contribution is 0.102. The minimum atomic E-state index is -0.136. The molecule has 1 heterocycles. The van der Waals surface area contributed by atoms with E-state index in [4.69, 9.17) is 9.72 Å². The fourth-order valence-electron chi connectivity index (χ4n) is 3.87. The highest BCUT2D eigenvalue weighted by Crippen LogP contribution is 2.29. The minimum Gasteiger partial charge on any atom is -0.494 e. The zero-order valence-electron chi connectivity index (χ0n) is 19.0. The fraction of sp³-hybridized carbons (Fsp3) is 0.214. The van der Waals surface area contributed by atoms with Crippen molar-refractivity contribution < 1.29 is 9.53 Å². The van der Waals surface area contributed by atoms with E-state index in [1.807, 2.05) is 80.6 Å². The molecule has 0 saturated carbocycles. The zero-order chi connectivity index (χ0) is 22.7. The number of nitrogens with one attached hydrogen (secondary N) is 1. The number of carbonyl (C=O) groups excluding carboxylic acids is 1. The summed E-state index contributed by atoms with van der Waals surface area (Å²) in [6.45, 7) is 8.86. The number of aryl methyl sites for hydroxylation is 1. The van der Waals surface area contributed by atoms with Crippen LogP contribution in [0.25, 0.3) is 22.2 Å². The molecule has 0 bridgehead atoms. The Hall–Kier alpha value is -3.66. The second-order valence-corrected chi connectivity index (χ2v) is 8.23. The number of fused-ring (bicyclic) bond motifs is 1. The Morgan fingerprint density at radius 1 is 1.00 bits per heavy atom. The highest BCUT2D eigenvalue weighted by molar-refractivity contribution is 6.13. The molecule has 0 aliphatic carbocycles. The molecular formula is C28H28N2O2. The van der Waals surface area contributed by atoms with Gasteiger partial charge in [-0.15, -0.1) is 0 Å². The number of benzene rings is 3. The number of amides is 1. The first-order valence-corrected chi connectivity index (χ1v) is 11.0. The third-order valence-corrected chi connectivity index (χ3v) is 5.50. The van der Waals surface area contributed by atoms with Crippen molar-refractivity contribution in [3.05, 3.63) is 89.5 Å². The zero-order valence-corrected chi connectivity index (χ0v) is 19.0. The van der Waals surface area contributed by atoms with Crippen molar-refractivity contribution >= 4 is 22.5 Å². The molecule has 0 saturated heterocycles. The van der Waals surface area contributed by atoms with E-state index in [0.29, 0.717) is 18.1 Å². The van der Waals surface area contributed by atoms with Crippen molar-refractivity contribution in [1.82, 2.24) is 4.98 Å². The van der Waals surface area contributed by atoms with E-state index >= 15 is 0 Å². The summed E-state index contributed by atoms with van der Waals surface area (Å²) in [7, 11) is 0. The van der Waals surface area contributed by atoms with E-state index in [0.717, 1.165) is 44.7 Å². The topological polar surface area (TPSA) is 51.2 Å². The molecule has 0 unspecified atom stereocenters. The molecule has 1 N–H and O–H groups in total. The number of hydrogen-bond donors (Lipinski definition) is 1. The molecule has 4 rings (SSSR count). The lowest BCUT2D eigenvalue weighted by Gasteiger charge is -2.15. The maximum Gasteiger partial charge on any atom is 0.256 e. The predicted molar refractivity (Wildman–Crippen MR) is 132 cm³/mol. The van der Waals surface area contributed by atoms with Gasteiger partial charge in [-0.25, -0.2) is 4.98 Å². The second-order valence-electron chi connectivity index (χ2n) is 8.23. The van der Waals surface area contributed by atoms with Crippen LogP contribution in [0.15, 0.2) is 72.8 Å². The van der Waals surface area contributed by atoms with Gasteiger partial charge in [0.05, 0.1) is 23.4 Å². The maximum absolute atomic E-state index is 13.5. The molecule has 4 heteroatoms. The molecule has 162 valence electrons. The van der Waals surface area contributed by atoms with E-state index in [-0.39, 0.29) is 5.91 Å². The molecule has 32 heavy (non-hydrogen) atoms. The summed E-state index contributed by atoms with van der Waals surface area (Å²) in [6.07, 6.45) is 0. The first kappa shape index (κ1) is 21.6. The second kappa shape index (κ2) is 9.23. The highest BCUT2D eigenvalue weighted by Gasteiger charge is 2.16. The molecule has 0 fully saturated rings. The van der Waals surface area contributed by atoms with Crippen molar-refractivity contribution in [2.75, 3.05) is 11.9 Å². The van der Waals surface area contributed by atoms with Gasteiger partial charge in [0.25, 0.3) is 5.91 Å². The fourth-order valence-corrected chi connectivity index (χ4v) is 3.87. The molecule has 0 aliphatic heterocycles. The summed E-state index contributed by atoms with van der Waals surface area (Å²) in [4.78, 5) is 18.3. The maximum atomic E-state index is 13.5. The number of hydrogen-bond acceptors (Lipinski definition) is 3. The molecule has 4 aromatic rings. The molecule has 0 atom stereocenters. The molecule has 1 amide bonds. The largest absolute Gasteiger partial charge is 0.494 e. The highest BCUT2D eigenvalue weighted by atomic mass is 16.5. The third-order valence-electron chi connectivity index (χ3n) is 5.50. The van der Waals surface area contributed by atoms with Crippen molar-refractivity contribution in [3.8, 4) is 17.0 Å². The number of carbonyl (C=O) groups is 1. The molecule has 4 nitrogen and oxygen atoms in total. The monoisotopic (exact) mass is 424 g/mol. The summed E-state index contributed by atoms with van der Waals surface area (Å²) in [5, 5.41) is 3.98. The van der Waals surface area contributed by atoms with E-state index in [1.54, 1.807) is 0 Å². The number of nitrogens with zero attached hydrogens (tertiary/aromatic N) is 1. The Morgan fingerprint density at radius 2 is 1.75 bits per heavy atom. The van der Waals surface area contributed by atoms with E-state index in [9.17, 15) is 4.79 Å². The van der Waals surface area contributed by atoms with Crippen LogP contribution in [0.3, 0.4) is 0 Å². The van der Waals surface area contributed by atoms with Gasteiger partial charge in [0, 0.05) is 16.6 Å². The molecular weight excluding hydrogens is 396 g/mol. The number of aromatic nitrogens is 1. The van der Waals surface area contributed by atoms with Gasteiger partial charge in [-0.2, -0.15) is 0 Å². The van der Waals surface area contributed by atoms with Gasteiger partial charge < -0.3 is 10.1 Å². The van der Waals surface area contributed by atoms with Gasteiger partial charge >= 0.3 is 0 Å². The van der Waals surface area contributed by atoms with Gasteiger partial charge in [-0.3, -0.25) is 4.79 Å². The van der Waals surface area contributed by atoms with E-state index < -0.39 is 0 Å². The normalized spacial score (nSPS) is 11.0. The first-order valence-electron chi connectivity index (χ1n) is 11.0. The summed E-state index contributed by atoms with van der Waals surface area (Å²) in [6, 6.07) is 23.7. The average molecular weight is 425 g/mol. The summed E-state index contributed by atoms with van der Waals surface area (Å²) < 4.78 is 5.55. The third kappa shape index (κ3) is 4.50. The Bertz CT molecular complexity index is 1260. The lowest BCUT2D eigenvalue weighted by atomic mass is 9.99. The van der Waals surface area contributed by atoms with Crippen LogP contribution in [0.1, 0.15) is 48.2 Å². The van der Waals surface area contributed by atoms with Crippen LogP contribution in [0.4, 0.5) is 5.69 Å². The lowest BCUT2D eigenvalue weighted by Crippen LogP contribution is -2.14. The van der Waals surface area contributed by atoms with Crippen molar-refractivity contribution in [2.24, 2.45) is 0 Å². The van der Waals surface area contributed by atoms with Crippen LogP contribution in [-0.2, 0) is 0 Å². The van der Waals surface area contributed by atoms with Gasteiger partial charge in [0.2, 0.25) is 0 Å². The average Bonchev–Trinajstić information content (AvgIpc) is 2.79. The van der Waals surface area contributed by atoms with Gasteiger partial charge in [0.15, 0.2) is 0 Å². The SMILES string of the molecule is CCOc1ccc(-c2cc(C(=O)Nc3ccccc3C(C)C)c3cc(C)ccc3n2)cc1. The van der Waals surface area contributed by atoms with Gasteiger partial charge in [-0.1, -0.05) is 43.7 Å². The first-order chi connectivity index (χ1) is 15.5. The van der Waals surface area contributed by atoms with Crippen LogP contribution >= 0.6 is 0 Å². The van der Waals surface area contributed by atoms with Gasteiger partial charge in [0.1, 0.15) is 5.75 Å². The summed E-state index contributed by atoms with van der Waals surface area (Å²) in [5.74, 6) is 0.988. The standard InChI is InChI=1S/C28H28N2O2/c1-5-32-21-13-11-20(12-14-21)27-17-24(23-16-19(4)10-15-26(23)29-27)28(31)30-25-9-7-6-8-22(25)18(2)3/h6-18H,5H2,1-4H3,(H,30,31). The predicted octanol–water partition coefficient (Wildman–Crippen LogP) is 6.98. The molecule has 0 radical (unpaired) electrons. The number of ether oxygens (including phenoxy) is 1. The molecule has 1 aromatic heterocycles. The van der Waals surface area contributed by atoms with Crippen molar-refractivity contribution in [1.29, 1.82) is 0 Å². The quantitative estimate of drug-likeness (QED) is 0.363. The Balaban J connectivity index is 1.79. The molecule has 0 spiro atoms. The smallest absolute Gasteiger partial charge is 0.256 e. The minimum absolute atomic E-state index is 0.136. The van der Waals surface area contributed by atoms with E-state index in [2.05, 4.69) is 25.2 Å². The Labute approximate surface area is 189 Å². The summed E-state index contributed by atoms with van der Waals surface area (Å²) in [5.41, 5.74) is 6.14. The van der Waals surface area contributed by atoms with Gasteiger partial charge in [-0.05, 0) is 73.9 Å². The van der Waals surface area contributed by atoms with Crippen LogP contribution in [0.5, 0.6) is 5.75 Å². The van der Waals surface area contributed by atoms with Crippen molar-refractivity contribution in [2.45, 2.75) is 33.6 Å². The van der Waals surface area contributed by atoms with Crippen LogP contribution in [-0.4, -0.2) is 17.5 Å². The number of para-hydroxylation sites is 1. The Morgan fingerprint density at radius 3 is 2.47 bits per heavy atom. The number of rotatable bonds is 6. The van der Waals surface area contributed by atoms with Crippen molar-refractivity contribution in [3.63, 3.8) is 0 Å². The van der Waals surface area contributed by atoms with Crippen LogP contribution in [0, 0.1) is 6.92 Å². The number of pyridine rings is 1. The summed E-state index contributed by atoms with van der Waals surface area (Å²) >= 11 is 0. The van der Waals surface area contributed by atoms with E-state index in [1.165, 1.54) is 0 Å². The molecule has 0 aliphatic rings. The van der Waals surface area contributed by atoms with Crippen LogP contribution in [0.2, 0.25) is 0 Å². The van der Waals surface area contributed by atoms with Crippen LogP contribution < -0.4 is 10.1 Å². The Kier molecular flexibility index (Phi) is 6.22.